The number of fused-ring (bicyclic) bond motifs is 2. The van der Waals surface area contributed by atoms with Crippen LogP contribution in [-0.2, 0) is 10.0 Å². The van der Waals surface area contributed by atoms with Crippen LogP contribution in [0, 0.1) is 19.7 Å². The highest BCUT2D eigenvalue weighted by molar-refractivity contribution is 7.90. The van der Waals surface area contributed by atoms with Crippen molar-refractivity contribution in [3.05, 3.63) is 125 Å². The van der Waals surface area contributed by atoms with Crippen molar-refractivity contribution >= 4 is 55.2 Å². The molecule has 0 spiro atoms. The molecular weight excluding hydrogens is 615 g/mol. The van der Waals surface area contributed by atoms with Gasteiger partial charge >= 0.3 is 0 Å². The van der Waals surface area contributed by atoms with E-state index in [4.69, 9.17) is 17.3 Å². The monoisotopic (exact) mass is 638 g/mol. The van der Waals surface area contributed by atoms with Crippen molar-refractivity contribution in [3.8, 4) is 16.8 Å². The normalized spacial score (nSPS) is 11.9. The number of benzene rings is 4. The van der Waals surface area contributed by atoms with Gasteiger partial charge in [-0.1, -0.05) is 47.5 Å². The number of ketones is 1. The lowest BCUT2D eigenvalue weighted by Crippen LogP contribution is -2.19. The van der Waals surface area contributed by atoms with Crippen LogP contribution in [0.1, 0.15) is 27.4 Å². The van der Waals surface area contributed by atoms with Gasteiger partial charge in [0.15, 0.2) is 0 Å². The van der Waals surface area contributed by atoms with Crippen molar-refractivity contribution in [2.45, 2.75) is 18.7 Å². The first-order valence-corrected chi connectivity index (χ1v) is 15.6. The van der Waals surface area contributed by atoms with E-state index in [0.29, 0.717) is 22.2 Å². The van der Waals surface area contributed by atoms with Crippen LogP contribution in [0.25, 0.3) is 38.8 Å². The molecule has 3 heterocycles. The Hall–Kier alpha value is -5.26. The molecule has 0 saturated carbocycles. The van der Waals surface area contributed by atoms with Crippen LogP contribution in [0.4, 0.5) is 10.2 Å². The Morgan fingerprint density at radius 3 is 2.42 bits per heavy atom. The quantitative estimate of drug-likeness (QED) is 0.192. The summed E-state index contributed by atoms with van der Waals surface area (Å²) in [5, 5.41) is 4.79. The first-order chi connectivity index (χ1) is 21.5. The van der Waals surface area contributed by atoms with E-state index in [-0.39, 0.29) is 32.5 Å². The van der Waals surface area contributed by atoms with Crippen LogP contribution < -0.4 is 5.73 Å². The molecule has 0 saturated heterocycles. The van der Waals surface area contributed by atoms with Crippen LogP contribution in [0.3, 0.4) is 0 Å². The van der Waals surface area contributed by atoms with E-state index >= 15 is 0 Å². The van der Waals surface area contributed by atoms with E-state index in [1.807, 2.05) is 26.0 Å². The number of aryl methyl sites for hydroxylation is 2. The lowest BCUT2D eigenvalue weighted by molar-refractivity contribution is 0.103. The van der Waals surface area contributed by atoms with Gasteiger partial charge in [-0.15, -0.1) is 0 Å². The molecule has 0 aliphatic heterocycles. The number of nitrogens with one attached hydrogen (secondary N) is 1. The molecule has 4 aromatic carbocycles. The van der Waals surface area contributed by atoms with Gasteiger partial charge in [0, 0.05) is 5.39 Å². The maximum absolute atomic E-state index is 14.2. The van der Waals surface area contributed by atoms with E-state index in [1.54, 1.807) is 42.5 Å². The Kier molecular flexibility index (Phi) is 6.61. The first-order valence-electron chi connectivity index (χ1n) is 13.8. The van der Waals surface area contributed by atoms with Crippen molar-refractivity contribution in [1.29, 1.82) is 0 Å². The van der Waals surface area contributed by atoms with Gasteiger partial charge in [-0.2, -0.15) is 5.10 Å². The van der Waals surface area contributed by atoms with Crippen LogP contribution in [-0.4, -0.2) is 37.9 Å². The number of aromatic nitrogens is 5. The Labute approximate surface area is 261 Å². The van der Waals surface area contributed by atoms with Crippen LogP contribution in [0.5, 0.6) is 0 Å². The first kappa shape index (κ1) is 28.5. The zero-order valence-electron chi connectivity index (χ0n) is 23.9. The largest absolute Gasteiger partial charge is 0.383 e. The average Bonchev–Trinajstić information content (AvgIpc) is 3.71. The van der Waals surface area contributed by atoms with Crippen LogP contribution in [0.2, 0.25) is 5.02 Å². The fourth-order valence-electron chi connectivity index (χ4n) is 5.40. The predicted molar refractivity (Wildman–Crippen MR) is 172 cm³/mol. The number of hydrogen-bond donors (Lipinski definition) is 2. The summed E-state index contributed by atoms with van der Waals surface area (Å²) < 4.78 is 44.8. The van der Waals surface area contributed by atoms with E-state index in [0.717, 1.165) is 26.4 Å². The number of H-pyrrole nitrogens is 1. The lowest BCUT2D eigenvalue weighted by Gasteiger charge is -2.13. The third-order valence-corrected chi connectivity index (χ3v) is 9.72. The molecule has 45 heavy (non-hydrogen) atoms. The zero-order chi connectivity index (χ0) is 31.6. The fraction of sp³-hybridized carbons (Fsp3) is 0.0606. The molecule has 0 bridgehead atoms. The number of carbonyl (C=O) groups is 1. The molecule has 0 radical (unpaired) electrons. The number of hydrogen-bond acceptors (Lipinski definition) is 6. The molecule has 3 N–H and O–H groups in total. The summed E-state index contributed by atoms with van der Waals surface area (Å²) >= 11 is 6.04. The minimum Gasteiger partial charge on any atom is -0.383 e. The van der Waals surface area contributed by atoms with Crippen molar-refractivity contribution in [2.24, 2.45) is 0 Å². The Bertz CT molecular complexity index is 2430. The second-order valence-corrected chi connectivity index (χ2v) is 12.9. The summed E-state index contributed by atoms with van der Waals surface area (Å²) in [7, 11) is -4.29. The summed E-state index contributed by atoms with van der Waals surface area (Å²) in [6.45, 7) is 3.70. The lowest BCUT2D eigenvalue weighted by atomic mass is 10.0. The third kappa shape index (κ3) is 4.77. The van der Waals surface area contributed by atoms with E-state index in [2.05, 4.69) is 15.1 Å². The number of anilines is 1. The molecule has 0 amide bonds. The Morgan fingerprint density at radius 2 is 1.67 bits per heavy atom. The molecule has 7 rings (SSSR count). The molecule has 0 atom stereocenters. The van der Waals surface area contributed by atoms with E-state index in [9.17, 15) is 17.6 Å². The Balaban J connectivity index is 1.40. The molecule has 0 unspecified atom stereocenters. The van der Waals surface area contributed by atoms with Gasteiger partial charge in [-0.25, -0.2) is 26.4 Å². The molecular formula is C33H24ClFN6O3S. The maximum Gasteiger partial charge on any atom is 0.268 e. The Morgan fingerprint density at radius 1 is 0.933 bits per heavy atom. The third-order valence-electron chi connectivity index (χ3n) is 7.68. The van der Waals surface area contributed by atoms with E-state index < -0.39 is 21.6 Å². The second-order valence-electron chi connectivity index (χ2n) is 10.7. The number of carbonyl (C=O) groups excluding carboxylic acids is 1. The van der Waals surface area contributed by atoms with Gasteiger partial charge in [-0.05, 0) is 79.6 Å². The molecule has 0 fully saturated rings. The maximum atomic E-state index is 14.2. The smallest absolute Gasteiger partial charge is 0.268 e. The minimum absolute atomic E-state index is 0.00157. The summed E-state index contributed by atoms with van der Waals surface area (Å²) in [5.74, 6) is -0.408. The molecule has 224 valence electrons. The number of halogens is 2. The number of nitrogen functional groups attached to an aromatic ring is 1. The molecule has 9 nitrogen and oxygen atoms in total. The van der Waals surface area contributed by atoms with Crippen molar-refractivity contribution in [3.63, 3.8) is 0 Å². The van der Waals surface area contributed by atoms with Crippen molar-refractivity contribution in [2.75, 3.05) is 5.73 Å². The van der Waals surface area contributed by atoms with Gasteiger partial charge in [0.05, 0.1) is 43.9 Å². The summed E-state index contributed by atoms with van der Waals surface area (Å²) in [5.41, 5.74) is 10.8. The van der Waals surface area contributed by atoms with Gasteiger partial charge in [0.1, 0.15) is 23.2 Å². The number of rotatable bonds is 6. The summed E-state index contributed by atoms with van der Waals surface area (Å²) in [6.07, 6.45) is 1.33. The second kappa shape index (κ2) is 10.4. The molecule has 0 aliphatic rings. The number of nitrogens with two attached hydrogens (primary N) is 1. The van der Waals surface area contributed by atoms with Crippen molar-refractivity contribution < 1.29 is 17.6 Å². The summed E-state index contributed by atoms with van der Waals surface area (Å²) in [4.78, 5) is 21.8. The minimum atomic E-state index is -4.29. The molecule has 3 aromatic heterocycles. The highest BCUT2D eigenvalue weighted by atomic mass is 35.5. The number of aromatic amines is 1. The van der Waals surface area contributed by atoms with Crippen LogP contribution >= 0.6 is 11.6 Å². The average molecular weight is 639 g/mol. The van der Waals surface area contributed by atoms with E-state index in [1.165, 1.54) is 41.2 Å². The van der Waals surface area contributed by atoms with Crippen LogP contribution in [0.15, 0.2) is 96.0 Å². The topological polar surface area (TPSA) is 129 Å². The highest BCUT2D eigenvalue weighted by Crippen LogP contribution is 2.33. The standard InChI is InChI=1S/C33H24ClFN6O3S/c1-18-3-9-24(10-4-18)45(43,44)41-30-14-21(20-7-11-27(35)26(34)13-20)5-6-22(30)15-31(41)32(42)25-17-37-40(33(25)36)23-8-12-28-29(16-23)39-19(2)38-28/h3-17H,36H2,1-2H3,(H,38,39). The fourth-order valence-corrected chi connectivity index (χ4v) is 7.08. The van der Waals surface area contributed by atoms with Gasteiger partial charge in [-0.3, -0.25) is 4.79 Å². The van der Waals surface area contributed by atoms with Gasteiger partial charge < -0.3 is 10.7 Å². The SMILES string of the molecule is Cc1ccc(S(=O)(=O)n2c(C(=O)c3cnn(-c4ccc5nc(C)[nH]c5c4)c3N)cc3ccc(-c4ccc(F)c(Cl)c4)cc32)cc1. The van der Waals surface area contributed by atoms with Gasteiger partial charge in [0.2, 0.25) is 5.78 Å². The zero-order valence-corrected chi connectivity index (χ0v) is 25.5. The number of imidazole rings is 1. The van der Waals surface area contributed by atoms with Gasteiger partial charge in [0.25, 0.3) is 10.0 Å². The molecule has 12 heteroatoms. The summed E-state index contributed by atoms with van der Waals surface area (Å²) in [6, 6.07) is 22.6. The predicted octanol–water partition coefficient (Wildman–Crippen LogP) is 6.83. The molecule has 7 aromatic rings. The highest BCUT2D eigenvalue weighted by Gasteiger charge is 2.29. The molecule has 0 aliphatic carbocycles. The number of nitrogens with zero attached hydrogens (tertiary/aromatic N) is 4. The van der Waals surface area contributed by atoms with Crippen molar-refractivity contribution in [1.82, 2.24) is 23.7 Å².